The molecule has 162 valence electrons. The third-order valence-electron chi connectivity index (χ3n) is 5.06. The first-order valence-corrected chi connectivity index (χ1v) is 10.1. The van der Waals surface area contributed by atoms with E-state index in [2.05, 4.69) is 19.9 Å². The standard InChI is InChI=1S/C26H28O5/c1-18-14-23(31-17-28-3)15-19(2)25(18)24-13-12-20(26(27)29-4)10-11-21(24)16-30-22-8-6-5-7-9-22/h5-11,13-15H,12,16-17H2,1-4H3. The average Bonchev–Trinajstić information content (AvgIpc) is 2.99. The lowest BCUT2D eigenvalue weighted by atomic mass is 9.90. The minimum atomic E-state index is -0.325. The third-order valence-corrected chi connectivity index (χ3v) is 5.06. The topological polar surface area (TPSA) is 54.0 Å². The summed E-state index contributed by atoms with van der Waals surface area (Å²) in [5, 5.41) is 0. The molecular weight excluding hydrogens is 392 g/mol. The Morgan fingerprint density at radius 2 is 1.65 bits per heavy atom. The van der Waals surface area contributed by atoms with Gasteiger partial charge in [-0.3, -0.25) is 0 Å². The molecule has 1 aliphatic rings. The Labute approximate surface area is 183 Å². The van der Waals surface area contributed by atoms with Gasteiger partial charge in [0.1, 0.15) is 18.1 Å². The van der Waals surface area contributed by atoms with Crippen LogP contribution in [0.1, 0.15) is 23.1 Å². The third kappa shape index (κ3) is 5.64. The molecule has 0 aliphatic heterocycles. The van der Waals surface area contributed by atoms with Gasteiger partial charge in [-0.2, -0.15) is 0 Å². The second kappa shape index (κ2) is 10.6. The molecule has 31 heavy (non-hydrogen) atoms. The molecule has 0 saturated carbocycles. The zero-order valence-electron chi connectivity index (χ0n) is 18.4. The number of hydrogen-bond donors (Lipinski definition) is 0. The van der Waals surface area contributed by atoms with Gasteiger partial charge in [0.2, 0.25) is 0 Å². The summed E-state index contributed by atoms with van der Waals surface area (Å²) in [6.45, 7) is 4.68. The number of carbonyl (C=O) groups is 1. The van der Waals surface area contributed by atoms with Gasteiger partial charge in [-0.05, 0) is 72.4 Å². The Kier molecular flexibility index (Phi) is 7.68. The van der Waals surface area contributed by atoms with Crippen molar-refractivity contribution in [1.29, 1.82) is 0 Å². The summed E-state index contributed by atoms with van der Waals surface area (Å²) in [5.74, 6) is 1.23. The van der Waals surface area contributed by atoms with E-state index >= 15 is 0 Å². The fraction of sp³-hybridized carbons (Fsp3) is 0.269. The molecule has 0 unspecified atom stereocenters. The van der Waals surface area contributed by atoms with Crippen molar-refractivity contribution >= 4 is 11.5 Å². The fourth-order valence-electron chi connectivity index (χ4n) is 3.61. The summed E-state index contributed by atoms with van der Waals surface area (Å²) in [7, 11) is 3.00. The lowest BCUT2D eigenvalue weighted by Crippen LogP contribution is -2.06. The van der Waals surface area contributed by atoms with Crippen LogP contribution in [0, 0.1) is 13.8 Å². The summed E-state index contributed by atoms with van der Waals surface area (Å²) in [6.07, 6.45) is 6.32. The van der Waals surface area contributed by atoms with Crippen molar-refractivity contribution in [1.82, 2.24) is 0 Å². The molecule has 3 rings (SSSR count). The molecule has 0 fully saturated rings. The average molecular weight is 421 g/mol. The van der Waals surface area contributed by atoms with Crippen LogP contribution in [0.25, 0.3) is 5.57 Å². The van der Waals surface area contributed by atoms with Crippen molar-refractivity contribution < 1.29 is 23.7 Å². The summed E-state index contributed by atoms with van der Waals surface area (Å²) in [6, 6.07) is 13.7. The molecule has 2 aromatic carbocycles. The SMILES string of the molecule is COCOc1cc(C)c(C2=CCC(C(=O)OC)=CC=C2COc2ccccc2)c(C)c1. The predicted molar refractivity (Wildman–Crippen MR) is 121 cm³/mol. The van der Waals surface area contributed by atoms with Crippen molar-refractivity contribution in [3.63, 3.8) is 0 Å². The highest BCUT2D eigenvalue weighted by molar-refractivity contribution is 5.92. The Balaban J connectivity index is 1.97. The highest BCUT2D eigenvalue weighted by Crippen LogP contribution is 2.34. The van der Waals surface area contributed by atoms with Crippen LogP contribution in [0.2, 0.25) is 0 Å². The normalized spacial score (nSPS) is 13.5. The van der Waals surface area contributed by atoms with E-state index in [4.69, 9.17) is 18.9 Å². The van der Waals surface area contributed by atoms with Crippen LogP contribution in [0.5, 0.6) is 11.5 Å². The lowest BCUT2D eigenvalue weighted by molar-refractivity contribution is -0.136. The number of hydrogen-bond acceptors (Lipinski definition) is 5. The number of para-hydroxylation sites is 1. The van der Waals surface area contributed by atoms with Gasteiger partial charge in [0, 0.05) is 12.7 Å². The minimum absolute atomic E-state index is 0.198. The molecule has 1 aliphatic carbocycles. The zero-order valence-corrected chi connectivity index (χ0v) is 18.4. The monoisotopic (exact) mass is 420 g/mol. The van der Waals surface area contributed by atoms with Crippen LogP contribution in [0.3, 0.4) is 0 Å². The lowest BCUT2D eigenvalue weighted by Gasteiger charge is -2.19. The molecule has 0 saturated heterocycles. The summed E-state index contributed by atoms with van der Waals surface area (Å²) < 4.78 is 21.6. The first-order valence-electron chi connectivity index (χ1n) is 10.1. The van der Waals surface area contributed by atoms with Crippen LogP contribution in [0.15, 0.2) is 71.8 Å². The highest BCUT2D eigenvalue weighted by atomic mass is 16.7. The number of methoxy groups -OCH3 is 2. The first-order chi connectivity index (χ1) is 15.0. The number of allylic oxidation sites excluding steroid dienone is 3. The van der Waals surface area contributed by atoms with Crippen molar-refractivity contribution in [3.05, 3.63) is 88.5 Å². The number of carbonyl (C=O) groups excluding carboxylic acids is 1. The van der Waals surface area contributed by atoms with Gasteiger partial charge in [-0.1, -0.05) is 36.4 Å². The van der Waals surface area contributed by atoms with Gasteiger partial charge in [0.25, 0.3) is 0 Å². The van der Waals surface area contributed by atoms with E-state index < -0.39 is 0 Å². The maximum atomic E-state index is 12.1. The summed E-state index contributed by atoms with van der Waals surface area (Å²) >= 11 is 0. The van der Waals surface area contributed by atoms with E-state index in [1.165, 1.54) is 7.11 Å². The molecule has 0 radical (unpaired) electrons. The van der Waals surface area contributed by atoms with Crippen LogP contribution >= 0.6 is 0 Å². The van der Waals surface area contributed by atoms with E-state index in [0.29, 0.717) is 18.6 Å². The van der Waals surface area contributed by atoms with Crippen molar-refractivity contribution in [2.24, 2.45) is 0 Å². The van der Waals surface area contributed by atoms with Crippen molar-refractivity contribution in [2.45, 2.75) is 20.3 Å². The molecule has 0 aromatic heterocycles. The molecule has 5 nitrogen and oxygen atoms in total. The number of benzene rings is 2. The smallest absolute Gasteiger partial charge is 0.334 e. The van der Waals surface area contributed by atoms with Crippen LogP contribution in [-0.2, 0) is 14.3 Å². The van der Waals surface area contributed by atoms with E-state index in [1.807, 2.05) is 54.6 Å². The Bertz CT molecular complexity index is 992. The number of rotatable bonds is 8. The number of ether oxygens (including phenoxy) is 4. The molecular formula is C26H28O5. The quantitative estimate of drug-likeness (QED) is 0.435. The van der Waals surface area contributed by atoms with E-state index in [9.17, 15) is 4.79 Å². The zero-order chi connectivity index (χ0) is 22.2. The summed E-state index contributed by atoms with van der Waals surface area (Å²) in [5.41, 5.74) is 5.88. The van der Waals surface area contributed by atoms with Gasteiger partial charge in [-0.15, -0.1) is 0 Å². The number of aryl methyl sites for hydroxylation is 2. The van der Waals surface area contributed by atoms with Crippen LogP contribution in [-0.4, -0.2) is 33.6 Å². The maximum Gasteiger partial charge on any atom is 0.334 e. The second-order valence-electron chi connectivity index (χ2n) is 7.28. The van der Waals surface area contributed by atoms with Crippen molar-refractivity contribution in [2.75, 3.05) is 27.6 Å². The van der Waals surface area contributed by atoms with Gasteiger partial charge >= 0.3 is 5.97 Å². The van der Waals surface area contributed by atoms with Gasteiger partial charge in [0.15, 0.2) is 6.79 Å². The molecule has 0 atom stereocenters. The maximum absolute atomic E-state index is 12.1. The second-order valence-corrected chi connectivity index (χ2v) is 7.28. The fourth-order valence-corrected chi connectivity index (χ4v) is 3.61. The Morgan fingerprint density at radius 1 is 0.935 bits per heavy atom. The van der Waals surface area contributed by atoms with Crippen LogP contribution < -0.4 is 9.47 Å². The first kappa shape index (κ1) is 22.4. The van der Waals surface area contributed by atoms with E-state index in [-0.39, 0.29) is 12.8 Å². The minimum Gasteiger partial charge on any atom is -0.489 e. The Morgan fingerprint density at radius 3 is 2.29 bits per heavy atom. The molecule has 2 aromatic rings. The highest BCUT2D eigenvalue weighted by Gasteiger charge is 2.19. The molecule has 0 N–H and O–H groups in total. The van der Waals surface area contributed by atoms with E-state index in [1.54, 1.807) is 7.11 Å². The van der Waals surface area contributed by atoms with Crippen LogP contribution in [0.4, 0.5) is 0 Å². The molecule has 0 heterocycles. The molecule has 0 bridgehead atoms. The number of esters is 1. The largest absolute Gasteiger partial charge is 0.489 e. The van der Waals surface area contributed by atoms with Gasteiger partial charge in [0.05, 0.1) is 7.11 Å². The van der Waals surface area contributed by atoms with Gasteiger partial charge in [-0.25, -0.2) is 4.79 Å². The van der Waals surface area contributed by atoms with Crippen molar-refractivity contribution in [3.8, 4) is 11.5 Å². The molecule has 0 amide bonds. The summed E-state index contributed by atoms with van der Waals surface area (Å²) in [4.78, 5) is 12.1. The molecule has 0 spiro atoms. The van der Waals surface area contributed by atoms with Gasteiger partial charge < -0.3 is 18.9 Å². The van der Waals surface area contributed by atoms with E-state index in [0.717, 1.165) is 39.3 Å². The Hall–Kier alpha value is -3.31. The predicted octanol–water partition coefficient (Wildman–Crippen LogP) is 5.18. The molecule has 5 heteroatoms.